The molecule has 1 saturated carbocycles. The Labute approximate surface area is 141 Å². The van der Waals surface area contributed by atoms with Crippen LogP contribution in [-0.2, 0) is 5.54 Å². The molecule has 2 aromatic rings. The molecule has 3 atom stereocenters. The largest absolute Gasteiger partial charge is 0.367 e. The summed E-state index contributed by atoms with van der Waals surface area (Å²) in [7, 11) is 0. The fourth-order valence-corrected chi connectivity index (χ4v) is 3.55. The zero-order valence-corrected chi connectivity index (χ0v) is 14.0. The summed E-state index contributed by atoms with van der Waals surface area (Å²) in [5.41, 5.74) is 8.57. The predicted molar refractivity (Wildman–Crippen MR) is 94.1 cm³/mol. The minimum absolute atomic E-state index is 0.245. The zero-order chi connectivity index (χ0) is 16.9. The highest BCUT2D eigenvalue weighted by Gasteiger charge is 2.53. The average Bonchev–Trinajstić information content (AvgIpc) is 2.95. The first-order valence-corrected chi connectivity index (χ1v) is 8.46. The van der Waals surface area contributed by atoms with Crippen LogP contribution in [0.3, 0.4) is 0 Å². The highest BCUT2D eigenvalue weighted by atomic mass is 19.1. The van der Waals surface area contributed by atoms with Crippen LogP contribution < -0.4 is 16.4 Å². The lowest BCUT2D eigenvalue weighted by Gasteiger charge is -2.21. The van der Waals surface area contributed by atoms with Gasteiger partial charge in [0.25, 0.3) is 0 Å². The summed E-state index contributed by atoms with van der Waals surface area (Å²) in [4.78, 5) is 4.74. The van der Waals surface area contributed by atoms with E-state index in [0.717, 1.165) is 35.7 Å². The molecule has 1 saturated heterocycles. The minimum atomic E-state index is -0.463. The van der Waals surface area contributed by atoms with Crippen molar-refractivity contribution in [3.63, 3.8) is 0 Å². The van der Waals surface area contributed by atoms with Crippen LogP contribution in [0.25, 0.3) is 11.3 Å². The van der Waals surface area contributed by atoms with Gasteiger partial charge in [-0.2, -0.15) is 0 Å². The summed E-state index contributed by atoms with van der Waals surface area (Å²) in [5.74, 6) is 2.02. The summed E-state index contributed by atoms with van der Waals surface area (Å²) in [5, 5.41) is 6.97. The summed E-state index contributed by atoms with van der Waals surface area (Å²) >= 11 is 0. The molecule has 4 rings (SSSR count). The van der Waals surface area contributed by atoms with Crippen molar-refractivity contribution < 1.29 is 4.39 Å². The van der Waals surface area contributed by atoms with Gasteiger partial charge in [0.15, 0.2) is 0 Å². The summed E-state index contributed by atoms with van der Waals surface area (Å²) in [6, 6.07) is 11.0. The number of rotatable bonds is 4. The molecule has 5 heteroatoms. The van der Waals surface area contributed by atoms with E-state index in [4.69, 9.17) is 10.7 Å². The highest BCUT2D eigenvalue weighted by molar-refractivity contribution is 5.63. The standard InChI is InChI=1S/C19H23FN4/c1-19(2,21)12-7-16(11-3-5-13(20)6-4-11)23-17(8-12)24-18-14-9-22-10-15(14)18/h3-8,14-15,18,22H,9-10,21H2,1-2H3,(H,23,24)/t14-,15+,18?. The normalized spacial score (nSPS) is 25.4. The molecule has 1 aromatic heterocycles. The third-order valence-corrected chi connectivity index (χ3v) is 5.12. The van der Waals surface area contributed by atoms with Crippen LogP contribution in [0.2, 0.25) is 0 Å². The lowest BCUT2D eigenvalue weighted by atomic mass is 9.94. The smallest absolute Gasteiger partial charge is 0.127 e. The van der Waals surface area contributed by atoms with E-state index in [0.29, 0.717) is 17.9 Å². The van der Waals surface area contributed by atoms with E-state index in [1.54, 1.807) is 12.1 Å². The van der Waals surface area contributed by atoms with E-state index in [-0.39, 0.29) is 5.82 Å². The summed E-state index contributed by atoms with van der Waals surface area (Å²) in [6.45, 7) is 6.12. The maximum atomic E-state index is 13.2. The van der Waals surface area contributed by atoms with Crippen LogP contribution in [0.15, 0.2) is 36.4 Å². The van der Waals surface area contributed by atoms with Crippen LogP contribution in [0, 0.1) is 17.7 Å². The molecule has 2 aliphatic rings. The molecule has 2 fully saturated rings. The second-order valence-corrected chi connectivity index (χ2v) is 7.51. The zero-order valence-electron chi connectivity index (χ0n) is 14.0. The first-order chi connectivity index (χ1) is 11.4. The van der Waals surface area contributed by atoms with Crippen molar-refractivity contribution in [2.45, 2.75) is 25.4 Å². The minimum Gasteiger partial charge on any atom is -0.367 e. The molecule has 1 aliphatic carbocycles. The first kappa shape index (κ1) is 15.5. The maximum Gasteiger partial charge on any atom is 0.127 e. The molecule has 1 aliphatic heterocycles. The SMILES string of the molecule is CC(C)(N)c1cc(NC2[C@H]3CNC[C@@H]23)nc(-c2ccc(F)cc2)c1. The van der Waals surface area contributed by atoms with Crippen molar-refractivity contribution in [1.82, 2.24) is 10.3 Å². The van der Waals surface area contributed by atoms with E-state index in [9.17, 15) is 4.39 Å². The number of hydrogen-bond acceptors (Lipinski definition) is 4. The number of anilines is 1. The Morgan fingerprint density at radius 3 is 2.46 bits per heavy atom. The Bertz CT molecular complexity index is 741. The fourth-order valence-electron chi connectivity index (χ4n) is 3.55. The second kappa shape index (κ2) is 5.53. The second-order valence-electron chi connectivity index (χ2n) is 7.51. The van der Waals surface area contributed by atoms with Gasteiger partial charge in [-0.05, 0) is 67.6 Å². The topological polar surface area (TPSA) is 63.0 Å². The van der Waals surface area contributed by atoms with Crippen molar-refractivity contribution in [1.29, 1.82) is 0 Å². The van der Waals surface area contributed by atoms with Crippen LogP contribution in [-0.4, -0.2) is 24.1 Å². The molecule has 4 nitrogen and oxygen atoms in total. The van der Waals surface area contributed by atoms with E-state index < -0.39 is 5.54 Å². The van der Waals surface area contributed by atoms with Gasteiger partial charge in [0.05, 0.1) is 5.69 Å². The number of hydrogen-bond donors (Lipinski definition) is 3. The summed E-state index contributed by atoms with van der Waals surface area (Å²) in [6.07, 6.45) is 0. The highest BCUT2D eigenvalue weighted by Crippen LogP contribution is 2.43. The van der Waals surface area contributed by atoms with E-state index in [1.165, 1.54) is 12.1 Å². The molecule has 0 spiro atoms. The van der Waals surface area contributed by atoms with Crippen LogP contribution in [0.4, 0.5) is 10.2 Å². The third kappa shape index (κ3) is 2.89. The number of nitrogens with zero attached hydrogens (tertiary/aromatic N) is 1. The first-order valence-electron chi connectivity index (χ1n) is 8.46. The predicted octanol–water partition coefficient (Wildman–Crippen LogP) is 2.71. The Balaban J connectivity index is 1.67. The van der Waals surface area contributed by atoms with Gasteiger partial charge in [0.2, 0.25) is 0 Å². The molecule has 0 bridgehead atoms. The summed E-state index contributed by atoms with van der Waals surface area (Å²) < 4.78 is 13.2. The van der Waals surface area contributed by atoms with Crippen molar-refractivity contribution in [3.8, 4) is 11.3 Å². The Kier molecular flexibility index (Phi) is 3.58. The van der Waals surface area contributed by atoms with Crippen molar-refractivity contribution in [2.24, 2.45) is 17.6 Å². The third-order valence-electron chi connectivity index (χ3n) is 5.12. The number of piperidine rings is 1. The Morgan fingerprint density at radius 1 is 1.17 bits per heavy atom. The molecule has 1 aromatic carbocycles. The van der Waals surface area contributed by atoms with E-state index in [2.05, 4.69) is 10.6 Å². The Morgan fingerprint density at radius 2 is 1.83 bits per heavy atom. The fraction of sp³-hybridized carbons (Fsp3) is 0.421. The van der Waals surface area contributed by atoms with Gasteiger partial charge in [-0.15, -0.1) is 0 Å². The average molecular weight is 326 g/mol. The van der Waals surface area contributed by atoms with Crippen LogP contribution in [0.1, 0.15) is 19.4 Å². The van der Waals surface area contributed by atoms with Gasteiger partial charge < -0.3 is 16.4 Å². The number of nitrogens with one attached hydrogen (secondary N) is 2. The van der Waals surface area contributed by atoms with Gasteiger partial charge in [-0.3, -0.25) is 0 Å². The molecule has 2 heterocycles. The monoisotopic (exact) mass is 326 g/mol. The molecule has 0 radical (unpaired) electrons. The molecular formula is C19H23FN4. The van der Waals surface area contributed by atoms with Crippen molar-refractivity contribution in [2.75, 3.05) is 18.4 Å². The van der Waals surface area contributed by atoms with Crippen molar-refractivity contribution in [3.05, 3.63) is 47.8 Å². The Hall–Kier alpha value is -1.98. The molecule has 0 amide bonds. The number of benzene rings is 1. The van der Waals surface area contributed by atoms with E-state index in [1.807, 2.05) is 26.0 Å². The van der Waals surface area contributed by atoms with Gasteiger partial charge in [-0.1, -0.05) is 0 Å². The number of fused-ring (bicyclic) bond motifs is 1. The molecular weight excluding hydrogens is 303 g/mol. The van der Waals surface area contributed by atoms with Crippen LogP contribution in [0.5, 0.6) is 0 Å². The molecule has 126 valence electrons. The van der Waals surface area contributed by atoms with Gasteiger partial charge in [-0.25, -0.2) is 9.37 Å². The van der Waals surface area contributed by atoms with Gasteiger partial charge in [0, 0.05) is 30.2 Å². The maximum absolute atomic E-state index is 13.2. The van der Waals surface area contributed by atoms with Gasteiger partial charge in [0.1, 0.15) is 11.6 Å². The van der Waals surface area contributed by atoms with Gasteiger partial charge >= 0.3 is 0 Å². The molecule has 24 heavy (non-hydrogen) atoms. The van der Waals surface area contributed by atoms with E-state index >= 15 is 0 Å². The van der Waals surface area contributed by atoms with Crippen LogP contribution >= 0.6 is 0 Å². The molecule has 1 unspecified atom stereocenters. The lowest BCUT2D eigenvalue weighted by Crippen LogP contribution is -2.29. The number of halogens is 1. The lowest BCUT2D eigenvalue weighted by molar-refractivity contribution is 0.554. The number of pyridine rings is 1. The van der Waals surface area contributed by atoms with Crippen molar-refractivity contribution >= 4 is 5.82 Å². The quantitative estimate of drug-likeness (QED) is 0.808. The number of aromatic nitrogens is 1. The number of nitrogens with two attached hydrogens (primary N) is 1. The molecule has 4 N–H and O–H groups in total.